The summed E-state index contributed by atoms with van der Waals surface area (Å²) >= 11 is 0. The Morgan fingerprint density at radius 2 is 1.52 bits per heavy atom. The third-order valence-corrected chi connectivity index (χ3v) is 4.06. The summed E-state index contributed by atoms with van der Waals surface area (Å²) in [6, 6.07) is 23.2. The number of carbonyl (C=O) groups is 2. The number of rotatable bonds is 8. The van der Waals surface area contributed by atoms with Crippen molar-refractivity contribution in [1.29, 1.82) is 0 Å². The second-order valence-electron chi connectivity index (χ2n) is 6.11. The lowest BCUT2D eigenvalue weighted by atomic mass is 10.2. The molecule has 0 aliphatic heterocycles. The molecule has 0 heterocycles. The maximum atomic E-state index is 12.4. The van der Waals surface area contributed by atoms with Gasteiger partial charge in [-0.3, -0.25) is 4.79 Å². The average molecular weight is 391 g/mol. The Hall–Kier alpha value is -3.80. The monoisotopic (exact) mass is 391 g/mol. The molecule has 3 aromatic carbocycles. The van der Waals surface area contributed by atoms with Gasteiger partial charge >= 0.3 is 5.97 Å². The molecule has 0 atom stereocenters. The molecule has 0 fully saturated rings. The van der Waals surface area contributed by atoms with Gasteiger partial charge in [-0.1, -0.05) is 42.5 Å². The van der Waals surface area contributed by atoms with Crippen LogP contribution in [0.25, 0.3) is 0 Å². The number of nitrogens with one attached hydrogen (secondary N) is 1. The maximum absolute atomic E-state index is 12.4. The van der Waals surface area contributed by atoms with Gasteiger partial charge in [0.25, 0.3) is 5.91 Å². The number of ether oxygens (including phenoxy) is 3. The Morgan fingerprint density at radius 3 is 2.24 bits per heavy atom. The van der Waals surface area contributed by atoms with Crippen molar-refractivity contribution >= 4 is 11.9 Å². The molecule has 6 heteroatoms. The smallest absolute Gasteiger partial charge is 0.342 e. The summed E-state index contributed by atoms with van der Waals surface area (Å²) in [7, 11) is 1.59. The fourth-order valence-electron chi connectivity index (χ4n) is 2.54. The topological polar surface area (TPSA) is 73.9 Å². The minimum Gasteiger partial charge on any atom is -0.497 e. The summed E-state index contributed by atoms with van der Waals surface area (Å²) in [6.07, 6.45) is 0. The number of benzene rings is 3. The van der Waals surface area contributed by atoms with E-state index in [0.29, 0.717) is 18.0 Å². The first-order valence-electron chi connectivity index (χ1n) is 9.04. The number of hydrogen-bond donors (Lipinski definition) is 1. The number of carbonyl (C=O) groups excluding carboxylic acids is 2. The highest BCUT2D eigenvalue weighted by Crippen LogP contribution is 2.25. The van der Waals surface area contributed by atoms with Crippen molar-refractivity contribution in [3.8, 4) is 17.2 Å². The Kier molecular flexibility index (Phi) is 6.84. The van der Waals surface area contributed by atoms with E-state index in [9.17, 15) is 9.59 Å². The van der Waals surface area contributed by atoms with Gasteiger partial charge in [-0.15, -0.1) is 0 Å². The molecule has 0 saturated heterocycles. The molecule has 3 aromatic rings. The molecular weight excluding hydrogens is 370 g/mol. The van der Waals surface area contributed by atoms with Crippen LogP contribution in [0.4, 0.5) is 0 Å². The highest BCUT2D eigenvalue weighted by Gasteiger charge is 2.15. The number of para-hydroxylation sites is 2. The fraction of sp³-hybridized carbons (Fsp3) is 0.130. The Bertz CT molecular complexity index is 955. The van der Waals surface area contributed by atoms with Crippen molar-refractivity contribution in [2.45, 2.75) is 6.54 Å². The van der Waals surface area contributed by atoms with Crippen LogP contribution in [-0.2, 0) is 16.1 Å². The first kappa shape index (κ1) is 19.9. The summed E-state index contributed by atoms with van der Waals surface area (Å²) in [5.74, 6) is 0.685. The largest absolute Gasteiger partial charge is 0.497 e. The first-order chi connectivity index (χ1) is 14.2. The Balaban J connectivity index is 1.53. The zero-order chi connectivity index (χ0) is 20.5. The van der Waals surface area contributed by atoms with Crippen LogP contribution >= 0.6 is 0 Å². The van der Waals surface area contributed by atoms with E-state index in [-0.39, 0.29) is 12.2 Å². The van der Waals surface area contributed by atoms with Gasteiger partial charge in [0.2, 0.25) is 0 Å². The zero-order valence-corrected chi connectivity index (χ0v) is 16.0. The molecule has 1 N–H and O–H groups in total. The first-order valence-corrected chi connectivity index (χ1v) is 9.04. The standard InChI is InChI=1S/C23H21NO5/c1-27-18-13-11-17(12-14-18)15-24-22(25)16-28-23(26)20-9-5-6-10-21(20)29-19-7-3-2-4-8-19/h2-14H,15-16H2,1H3,(H,24,25). The van der Waals surface area contributed by atoms with Crippen molar-refractivity contribution < 1.29 is 23.8 Å². The van der Waals surface area contributed by atoms with Gasteiger partial charge in [-0.25, -0.2) is 4.79 Å². The van der Waals surface area contributed by atoms with Gasteiger partial charge in [-0.05, 0) is 42.0 Å². The number of esters is 1. The van der Waals surface area contributed by atoms with E-state index in [2.05, 4.69) is 5.32 Å². The molecule has 0 aliphatic rings. The summed E-state index contributed by atoms with van der Waals surface area (Å²) in [4.78, 5) is 24.4. The predicted molar refractivity (Wildman–Crippen MR) is 108 cm³/mol. The van der Waals surface area contributed by atoms with Gasteiger partial charge in [-0.2, -0.15) is 0 Å². The van der Waals surface area contributed by atoms with Crippen LogP contribution < -0.4 is 14.8 Å². The molecule has 0 aliphatic carbocycles. The zero-order valence-electron chi connectivity index (χ0n) is 16.0. The SMILES string of the molecule is COc1ccc(CNC(=O)COC(=O)c2ccccc2Oc2ccccc2)cc1. The second-order valence-corrected chi connectivity index (χ2v) is 6.11. The highest BCUT2D eigenvalue weighted by atomic mass is 16.5. The van der Waals surface area contributed by atoms with Gasteiger partial charge in [0.1, 0.15) is 22.8 Å². The van der Waals surface area contributed by atoms with E-state index >= 15 is 0 Å². The molecule has 6 nitrogen and oxygen atoms in total. The molecule has 1 amide bonds. The van der Waals surface area contributed by atoms with Crippen LogP contribution in [0.1, 0.15) is 15.9 Å². The van der Waals surface area contributed by atoms with E-state index in [0.717, 1.165) is 11.3 Å². The molecule has 0 saturated carbocycles. The molecule has 0 unspecified atom stereocenters. The van der Waals surface area contributed by atoms with Crippen molar-refractivity contribution in [3.63, 3.8) is 0 Å². The van der Waals surface area contributed by atoms with Crippen LogP contribution in [0.3, 0.4) is 0 Å². The van der Waals surface area contributed by atoms with Crippen molar-refractivity contribution in [2.24, 2.45) is 0 Å². The molecule has 0 radical (unpaired) electrons. The molecule has 148 valence electrons. The number of methoxy groups -OCH3 is 1. The minimum atomic E-state index is -0.629. The van der Waals surface area contributed by atoms with Crippen LogP contribution in [-0.4, -0.2) is 25.6 Å². The van der Waals surface area contributed by atoms with Crippen LogP contribution in [0, 0.1) is 0 Å². The summed E-state index contributed by atoms with van der Waals surface area (Å²) < 4.78 is 16.0. The molecule has 0 bridgehead atoms. The number of hydrogen-bond acceptors (Lipinski definition) is 5. The quantitative estimate of drug-likeness (QED) is 0.589. The lowest BCUT2D eigenvalue weighted by molar-refractivity contribution is -0.124. The van der Waals surface area contributed by atoms with Crippen LogP contribution in [0.15, 0.2) is 78.9 Å². The fourth-order valence-corrected chi connectivity index (χ4v) is 2.54. The molecule has 3 rings (SSSR count). The second kappa shape index (κ2) is 9.94. The summed E-state index contributed by atoms with van der Waals surface area (Å²) in [5, 5.41) is 2.71. The van der Waals surface area contributed by atoms with Crippen LogP contribution in [0.2, 0.25) is 0 Å². The van der Waals surface area contributed by atoms with E-state index in [4.69, 9.17) is 14.2 Å². The van der Waals surface area contributed by atoms with Gasteiger partial charge in [0, 0.05) is 6.54 Å². The molecule has 29 heavy (non-hydrogen) atoms. The normalized spacial score (nSPS) is 10.1. The highest BCUT2D eigenvalue weighted by molar-refractivity contribution is 5.94. The Morgan fingerprint density at radius 1 is 0.828 bits per heavy atom. The lowest BCUT2D eigenvalue weighted by Gasteiger charge is -2.11. The maximum Gasteiger partial charge on any atom is 0.342 e. The molecular formula is C23H21NO5. The van der Waals surface area contributed by atoms with Crippen LogP contribution in [0.5, 0.6) is 17.2 Å². The third-order valence-electron chi connectivity index (χ3n) is 4.06. The van der Waals surface area contributed by atoms with E-state index in [1.54, 1.807) is 43.5 Å². The van der Waals surface area contributed by atoms with Crippen molar-refractivity contribution in [2.75, 3.05) is 13.7 Å². The van der Waals surface area contributed by atoms with Gasteiger partial charge in [0.05, 0.1) is 7.11 Å². The van der Waals surface area contributed by atoms with Crippen molar-refractivity contribution in [1.82, 2.24) is 5.32 Å². The summed E-state index contributed by atoms with van der Waals surface area (Å²) in [6.45, 7) is -0.0528. The minimum absolute atomic E-state index is 0.249. The van der Waals surface area contributed by atoms with E-state index < -0.39 is 11.9 Å². The average Bonchev–Trinajstić information content (AvgIpc) is 2.77. The molecule has 0 aromatic heterocycles. The third kappa shape index (κ3) is 5.84. The van der Waals surface area contributed by atoms with E-state index in [1.807, 2.05) is 42.5 Å². The molecule has 0 spiro atoms. The number of amides is 1. The lowest BCUT2D eigenvalue weighted by Crippen LogP contribution is -2.28. The Labute approximate surface area is 169 Å². The van der Waals surface area contributed by atoms with Gasteiger partial charge in [0.15, 0.2) is 6.61 Å². The van der Waals surface area contributed by atoms with E-state index in [1.165, 1.54) is 0 Å². The summed E-state index contributed by atoms with van der Waals surface area (Å²) in [5.41, 5.74) is 1.16. The van der Waals surface area contributed by atoms with Gasteiger partial charge < -0.3 is 19.5 Å². The van der Waals surface area contributed by atoms with Crippen molar-refractivity contribution in [3.05, 3.63) is 90.0 Å². The predicted octanol–water partition coefficient (Wildman–Crippen LogP) is 3.96.